The molecule has 0 aromatic carbocycles. The van der Waals surface area contributed by atoms with Gasteiger partial charge in [0.1, 0.15) is 0 Å². The zero-order valence-electron chi connectivity index (χ0n) is 12.5. The SMILES string of the molecule is Cc1ncsc1CCOCC(O)CNC1CC2CCC1O2. The van der Waals surface area contributed by atoms with Gasteiger partial charge in [-0.2, -0.15) is 0 Å². The molecular formula is C15H24N2O3S. The molecule has 1 aromatic rings. The van der Waals surface area contributed by atoms with Crippen LogP contribution in [0.1, 0.15) is 29.8 Å². The fourth-order valence-corrected chi connectivity index (χ4v) is 3.91. The Hall–Kier alpha value is -0.530. The molecule has 2 saturated heterocycles. The van der Waals surface area contributed by atoms with E-state index in [1.165, 1.54) is 11.3 Å². The lowest BCUT2D eigenvalue weighted by Crippen LogP contribution is -2.42. The molecule has 6 heteroatoms. The van der Waals surface area contributed by atoms with E-state index in [4.69, 9.17) is 9.47 Å². The van der Waals surface area contributed by atoms with Crippen molar-refractivity contribution in [2.24, 2.45) is 0 Å². The van der Waals surface area contributed by atoms with Gasteiger partial charge in [0.15, 0.2) is 0 Å². The van der Waals surface area contributed by atoms with Crippen LogP contribution in [-0.4, -0.2) is 54.2 Å². The molecule has 0 spiro atoms. The first-order valence-electron chi connectivity index (χ1n) is 7.76. The number of hydrogen-bond donors (Lipinski definition) is 2. The predicted octanol–water partition coefficient (Wildman–Crippen LogP) is 1.28. The van der Waals surface area contributed by atoms with E-state index < -0.39 is 6.10 Å². The molecule has 1 aromatic heterocycles. The topological polar surface area (TPSA) is 63.6 Å². The van der Waals surface area contributed by atoms with Crippen molar-refractivity contribution >= 4 is 11.3 Å². The Morgan fingerprint density at radius 2 is 2.48 bits per heavy atom. The van der Waals surface area contributed by atoms with E-state index >= 15 is 0 Å². The smallest absolute Gasteiger partial charge is 0.0897 e. The standard InChI is InChI=1S/C15H24N2O3S/c1-10-15(21-9-17-10)4-5-19-8-11(18)7-16-13-6-12-2-3-14(13)20-12/h9,11-14,16,18H,2-8H2,1H3. The fourth-order valence-electron chi connectivity index (χ4n) is 3.15. The van der Waals surface area contributed by atoms with Crippen LogP contribution in [0, 0.1) is 6.92 Å². The lowest BCUT2D eigenvalue weighted by molar-refractivity contribution is 0.0349. The Bertz CT molecular complexity index is 454. The second kappa shape index (κ2) is 7.15. The maximum atomic E-state index is 9.95. The maximum Gasteiger partial charge on any atom is 0.0897 e. The summed E-state index contributed by atoms with van der Waals surface area (Å²) in [5.74, 6) is 0. The Morgan fingerprint density at radius 1 is 1.57 bits per heavy atom. The highest BCUT2D eigenvalue weighted by molar-refractivity contribution is 7.09. The van der Waals surface area contributed by atoms with E-state index in [0.29, 0.717) is 38.0 Å². The summed E-state index contributed by atoms with van der Waals surface area (Å²) >= 11 is 1.66. The highest BCUT2D eigenvalue weighted by Crippen LogP contribution is 2.34. The Labute approximate surface area is 129 Å². The number of hydrogen-bond acceptors (Lipinski definition) is 6. The van der Waals surface area contributed by atoms with E-state index in [1.54, 1.807) is 11.3 Å². The van der Waals surface area contributed by atoms with E-state index in [0.717, 1.165) is 25.0 Å². The lowest BCUT2D eigenvalue weighted by Gasteiger charge is -2.21. The molecule has 3 rings (SSSR count). The maximum absolute atomic E-state index is 9.95. The van der Waals surface area contributed by atoms with E-state index in [-0.39, 0.29) is 0 Å². The summed E-state index contributed by atoms with van der Waals surface area (Å²) in [7, 11) is 0. The number of aliphatic hydroxyl groups excluding tert-OH is 1. The van der Waals surface area contributed by atoms with Gasteiger partial charge >= 0.3 is 0 Å². The van der Waals surface area contributed by atoms with Crippen LogP contribution < -0.4 is 5.32 Å². The minimum absolute atomic E-state index is 0.359. The summed E-state index contributed by atoms with van der Waals surface area (Å²) in [6.45, 7) is 3.61. The van der Waals surface area contributed by atoms with Gasteiger partial charge in [-0.1, -0.05) is 0 Å². The highest BCUT2D eigenvalue weighted by Gasteiger charge is 2.40. The van der Waals surface area contributed by atoms with Crippen molar-refractivity contribution in [1.82, 2.24) is 10.3 Å². The molecule has 2 bridgehead atoms. The molecule has 0 aliphatic carbocycles. The molecule has 0 saturated carbocycles. The molecular weight excluding hydrogens is 288 g/mol. The molecule has 5 nitrogen and oxygen atoms in total. The van der Waals surface area contributed by atoms with Crippen molar-refractivity contribution < 1.29 is 14.6 Å². The van der Waals surface area contributed by atoms with Gasteiger partial charge < -0.3 is 19.9 Å². The molecule has 3 heterocycles. The molecule has 2 aliphatic rings. The third-order valence-corrected chi connectivity index (χ3v) is 5.35. The van der Waals surface area contributed by atoms with Crippen LogP contribution in [0.4, 0.5) is 0 Å². The number of ether oxygens (including phenoxy) is 2. The minimum Gasteiger partial charge on any atom is -0.389 e. The number of nitrogens with one attached hydrogen (secondary N) is 1. The van der Waals surface area contributed by atoms with Crippen molar-refractivity contribution in [3.63, 3.8) is 0 Å². The van der Waals surface area contributed by atoms with Gasteiger partial charge in [-0.15, -0.1) is 11.3 Å². The molecule has 2 fully saturated rings. The first kappa shape index (κ1) is 15.4. The predicted molar refractivity (Wildman–Crippen MR) is 81.7 cm³/mol. The van der Waals surface area contributed by atoms with Crippen LogP contribution in [0.15, 0.2) is 5.51 Å². The first-order chi connectivity index (χ1) is 10.2. The largest absolute Gasteiger partial charge is 0.389 e. The number of thiazole rings is 1. The van der Waals surface area contributed by atoms with Crippen LogP contribution in [0.2, 0.25) is 0 Å². The van der Waals surface area contributed by atoms with Gasteiger partial charge in [-0.3, -0.25) is 0 Å². The number of rotatable bonds is 8. The van der Waals surface area contributed by atoms with Gasteiger partial charge in [0.05, 0.1) is 42.7 Å². The number of aryl methyl sites for hydroxylation is 1. The monoisotopic (exact) mass is 312 g/mol. The summed E-state index contributed by atoms with van der Waals surface area (Å²) in [6.07, 6.45) is 4.67. The van der Waals surface area contributed by atoms with E-state index in [2.05, 4.69) is 10.3 Å². The molecule has 118 valence electrons. The third kappa shape index (κ3) is 4.02. The lowest BCUT2D eigenvalue weighted by atomic mass is 9.95. The second-order valence-electron chi connectivity index (χ2n) is 5.96. The average Bonchev–Trinajstić information content (AvgIpc) is 3.18. The second-order valence-corrected chi connectivity index (χ2v) is 6.90. The zero-order chi connectivity index (χ0) is 14.7. The normalized spacial score (nSPS) is 29.1. The van der Waals surface area contributed by atoms with Gasteiger partial charge in [0.25, 0.3) is 0 Å². The summed E-state index contributed by atoms with van der Waals surface area (Å²) in [5, 5.41) is 13.4. The molecule has 4 unspecified atom stereocenters. The zero-order valence-corrected chi connectivity index (χ0v) is 13.3. The van der Waals surface area contributed by atoms with E-state index in [9.17, 15) is 5.11 Å². The van der Waals surface area contributed by atoms with Crippen LogP contribution in [-0.2, 0) is 15.9 Å². The van der Waals surface area contributed by atoms with Crippen molar-refractivity contribution in [1.29, 1.82) is 0 Å². The molecule has 0 amide bonds. The number of aliphatic hydroxyl groups is 1. The van der Waals surface area contributed by atoms with Gasteiger partial charge in [-0.25, -0.2) is 4.98 Å². The summed E-state index contributed by atoms with van der Waals surface area (Å²) in [6, 6.07) is 0.415. The third-order valence-electron chi connectivity index (χ3n) is 4.35. The Morgan fingerprint density at radius 3 is 3.14 bits per heavy atom. The van der Waals surface area contributed by atoms with Crippen LogP contribution in [0.25, 0.3) is 0 Å². The van der Waals surface area contributed by atoms with Crippen molar-refractivity contribution in [3.05, 3.63) is 16.1 Å². The fraction of sp³-hybridized carbons (Fsp3) is 0.800. The number of nitrogens with zero attached hydrogens (tertiary/aromatic N) is 1. The average molecular weight is 312 g/mol. The molecule has 0 radical (unpaired) electrons. The highest BCUT2D eigenvalue weighted by atomic mass is 32.1. The quantitative estimate of drug-likeness (QED) is 0.708. The molecule has 2 aliphatic heterocycles. The number of fused-ring (bicyclic) bond motifs is 2. The Balaban J connectivity index is 1.26. The van der Waals surface area contributed by atoms with Gasteiger partial charge in [0.2, 0.25) is 0 Å². The number of aromatic nitrogens is 1. The Kier molecular flexibility index (Phi) is 5.24. The van der Waals surface area contributed by atoms with Crippen molar-refractivity contribution in [2.45, 2.75) is 57.0 Å². The van der Waals surface area contributed by atoms with Crippen LogP contribution >= 0.6 is 11.3 Å². The first-order valence-corrected chi connectivity index (χ1v) is 8.64. The molecule has 4 atom stereocenters. The van der Waals surface area contributed by atoms with Gasteiger partial charge in [0, 0.05) is 23.9 Å². The molecule has 21 heavy (non-hydrogen) atoms. The van der Waals surface area contributed by atoms with Crippen LogP contribution in [0.5, 0.6) is 0 Å². The minimum atomic E-state index is -0.452. The molecule has 2 N–H and O–H groups in total. The van der Waals surface area contributed by atoms with Crippen molar-refractivity contribution in [2.75, 3.05) is 19.8 Å². The van der Waals surface area contributed by atoms with E-state index in [1.807, 2.05) is 12.4 Å². The van der Waals surface area contributed by atoms with Crippen molar-refractivity contribution in [3.8, 4) is 0 Å². The summed E-state index contributed by atoms with van der Waals surface area (Å²) in [4.78, 5) is 5.48. The summed E-state index contributed by atoms with van der Waals surface area (Å²) in [5.41, 5.74) is 2.95. The summed E-state index contributed by atoms with van der Waals surface area (Å²) < 4.78 is 11.3. The van der Waals surface area contributed by atoms with Gasteiger partial charge in [-0.05, 0) is 26.2 Å². The van der Waals surface area contributed by atoms with Crippen LogP contribution in [0.3, 0.4) is 0 Å².